The summed E-state index contributed by atoms with van der Waals surface area (Å²) in [5.74, 6) is -0.539. The van der Waals surface area contributed by atoms with Crippen LogP contribution in [0.3, 0.4) is 0 Å². The molecular formula is C5H8NO3P. The average Bonchev–Trinajstić information content (AvgIpc) is 1.87. The number of hydrogen-bond donors (Lipinski definition) is 0. The summed E-state index contributed by atoms with van der Waals surface area (Å²) >= 11 is 0. The van der Waals surface area contributed by atoms with E-state index in [1.165, 1.54) is 12.7 Å². The molecule has 0 amide bonds. The summed E-state index contributed by atoms with van der Waals surface area (Å²) in [5, 5.41) is 7.98. The Bertz CT molecular complexity index is 184. The Morgan fingerprint density at radius 1 is 1.80 bits per heavy atom. The summed E-state index contributed by atoms with van der Waals surface area (Å²) in [7, 11) is -1.95. The lowest BCUT2D eigenvalue weighted by Crippen LogP contribution is -1.97. The fourth-order valence-corrected chi connectivity index (χ4v) is 0.733. The van der Waals surface area contributed by atoms with Gasteiger partial charge in [-0.2, -0.15) is 5.26 Å². The van der Waals surface area contributed by atoms with E-state index in [0.29, 0.717) is 0 Å². The van der Waals surface area contributed by atoms with Crippen molar-refractivity contribution in [2.45, 2.75) is 6.42 Å². The van der Waals surface area contributed by atoms with Gasteiger partial charge in [0.1, 0.15) is 6.07 Å². The van der Waals surface area contributed by atoms with Crippen molar-refractivity contribution in [3.63, 3.8) is 0 Å². The number of nitriles is 1. The van der Waals surface area contributed by atoms with Crippen LogP contribution in [0.2, 0.25) is 0 Å². The van der Waals surface area contributed by atoms with Gasteiger partial charge in [0, 0.05) is 13.1 Å². The molecule has 0 rings (SSSR count). The zero-order chi connectivity index (χ0) is 7.98. The van der Waals surface area contributed by atoms with Gasteiger partial charge in [-0.1, -0.05) is 0 Å². The van der Waals surface area contributed by atoms with Crippen molar-refractivity contribution < 1.29 is 13.9 Å². The molecule has 0 heterocycles. The Morgan fingerprint density at radius 2 is 2.40 bits per heavy atom. The summed E-state index contributed by atoms with van der Waals surface area (Å²) in [6, 6.07) is 1.43. The molecule has 0 aromatic carbocycles. The number of carbonyl (C=O) groups is 1. The quantitative estimate of drug-likeness (QED) is 0.447. The fraction of sp³-hybridized carbons (Fsp3) is 0.600. The zero-order valence-corrected chi connectivity index (χ0v) is 6.59. The molecule has 0 aromatic heterocycles. The highest BCUT2D eigenvalue weighted by atomic mass is 31.1. The van der Waals surface area contributed by atoms with Gasteiger partial charge in [0.15, 0.2) is 8.03 Å². The average molecular weight is 161 g/mol. The lowest BCUT2D eigenvalue weighted by molar-refractivity contribution is -0.114. The number of carbonyl (C=O) groups excluding carboxylic acids is 1. The van der Waals surface area contributed by atoms with Gasteiger partial charge in [-0.25, -0.2) is 0 Å². The van der Waals surface area contributed by atoms with Crippen molar-refractivity contribution in [2.75, 3.05) is 13.3 Å². The highest BCUT2D eigenvalue weighted by molar-refractivity contribution is 7.38. The number of Topliss-reactive ketones (excluding diaryl/α,β-unsaturated/α-hetero) is 1. The molecule has 5 heteroatoms. The van der Waals surface area contributed by atoms with Gasteiger partial charge in [0.05, 0.1) is 6.61 Å². The minimum absolute atomic E-state index is 0.0285. The van der Waals surface area contributed by atoms with Gasteiger partial charge < -0.3 is 4.52 Å². The molecule has 1 atom stereocenters. The summed E-state index contributed by atoms with van der Waals surface area (Å²) in [5.41, 5.74) is 0. The van der Waals surface area contributed by atoms with Crippen LogP contribution in [0, 0.1) is 11.3 Å². The first-order chi connectivity index (χ1) is 4.66. The van der Waals surface area contributed by atoms with Crippen LogP contribution in [-0.4, -0.2) is 19.1 Å². The smallest absolute Gasteiger partial charge is 0.234 e. The van der Waals surface area contributed by atoms with E-state index in [2.05, 4.69) is 4.52 Å². The fourth-order valence-electron chi connectivity index (χ4n) is 0.343. The molecule has 10 heavy (non-hydrogen) atoms. The van der Waals surface area contributed by atoms with Crippen LogP contribution in [0.5, 0.6) is 0 Å². The molecule has 0 bridgehead atoms. The van der Waals surface area contributed by atoms with Crippen molar-refractivity contribution in [2.24, 2.45) is 0 Å². The normalized spacial score (nSPS) is 12.0. The van der Waals surface area contributed by atoms with E-state index in [-0.39, 0.29) is 13.0 Å². The third-order valence-electron chi connectivity index (χ3n) is 0.759. The summed E-state index contributed by atoms with van der Waals surface area (Å²) in [6.07, 6.45) is 0.0285. The van der Waals surface area contributed by atoms with Crippen LogP contribution < -0.4 is 0 Å². The minimum atomic E-state index is -1.95. The molecule has 0 fully saturated rings. The second kappa shape index (κ2) is 5.16. The molecule has 0 saturated carbocycles. The Balaban J connectivity index is 3.31. The van der Waals surface area contributed by atoms with Crippen molar-refractivity contribution in [3.05, 3.63) is 0 Å². The zero-order valence-electron chi connectivity index (χ0n) is 5.59. The second-order valence-electron chi connectivity index (χ2n) is 1.63. The van der Waals surface area contributed by atoms with Gasteiger partial charge in [-0.3, -0.25) is 9.36 Å². The lowest BCUT2D eigenvalue weighted by atomic mass is 10.3. The van der Waals surface area contributed by atoms with E-state index in [1.54, 1.807) is 0 Å². The molecule has 0 aromatic rings. The van der Waals surface area contributed by atoms with Crippen LogP contribution in [0.1, 0.15) is 6.42 Å². The van der Waals surface area contributed by atoms with Crippen molar-refractivity contribution in [1.82, 2.24) is 0 Å². The van der Waals surface area contributed by atoms with Gasteiger partial charge in [0.25, 0.3) is 0 Å². The maximum absolute atomic E-state index is 10.3. The van der Waals surface area contributed by atoms with Crippen LogP contribution in [0.15, 0.2) is 0 Å². The molecule has 56 valence electrons. The minimum Gasteiger partial charge on any atom is -0.330 e. The first-order valence-electron chi connectivity index (χ1n) is 2.73. The lowest BCUT2D eigenvalue weighted by Gasteiger charge is -1.94. The van der Waals surface area contributed by atoms with Gasteiger partial charge in [-0.05, 0) is 0 Å². The van der Waals surface area contributed by atoms with E-state index in [0.717, 1.165) is 0 Å². The van der Waals surface area contributed by atoms with Crippen molar-refractivity contribution >= 4 is 13.8 Å². The molecule has 0 aliphatic carbocycles. The van der Waals surface area contributed by atoms with E-state index < -0.39 is 13.8 Å². The molecule has 1 unspecified atom stereocenters. The van der Waals surface area contributed by atoms with Crippen LogP contribution >= 0.6 is 8.03 Å². The highest BCUT2D eigenvalue weighted by Gasteiger charge is 1.98. The van der Waals surface area contributed by atoms with E-state index in [4.69, 9.17) is 5.26 Å². The van der Waals surface area contributed by atoms with Crippen LogP contribution in [-0.2, 0) is 13.9 Å². The molecule has 4 nitrogen and oxygen atoms in total. The molecule has 0 aliphatic rings. The summed E-state index contributed by atoms with van der Waals surface area (Å²) in [4.78, 5) is 10.3. The Hall–Kier alpha value is -0.650. The van der Waals surface area contributed by atoms with Crippen molar-refractivity contribution in [3.8, 4) is 6.07 Å². The molecule has 0 N–H and O–H groups in total. The predicted molar refractivity (Wildman–Crippen MR) is 36.1 cm³/mol. The molecule has 0 radical (unpaired) electrons. The highest BCUT2D eigenvalue weighted by Crippen LogP contribution is 2.14. The number of rotatable bonds is 4. The second-order valence-corrected chi connectivity index (χ2v) is 2.90. The molecular weight excluding hydrogens is 153 g/mol. The number of nitrogens with zero attached hydrogens (tertiary/aromatic N) is 1. The van der Waals surface area contributed by atoms with Gasteiger partial charge >= 0.3 is 0 Å². The van der Waals surface area contributed by atoms with Gasteiger partial charge in [-0.15, -0.1) is 0 Å². The Labute approximate surface area is 59.7 Å². The Kier molecular flexibility index (Phi) is 4.82. The number of hydrogen-bond acceptors (Lipinski definition) is 4. The largest absolute Gasteiger partial charge is 0.330 e. The van der Waals surface area contributed by atoms with Crippen LogP contribution in [0.4, 0.5) is 0 Å². The van der Waals surface area contributed by atoms with Crippen molar-refractivity contribution in [1.29, 1.82) is 5.26 Å². The third kappa shape index (κ3) is 5.49. The molecule has 0 saturated heterocycles. The maximum atomic E-state index is 10.3. The van der Waals surface area contributed by atoms with Crippen LogP contribution in [0.25, 0.3) is 0 Å². The standard InChI is InChI=1S/C5H8NO3P/c1-10(8)9-3-2-5(7)4-6/h10H,2-3H2,1H3. The monoisotopic (exact) mass is 161 g/mol. The van der Waals surface area contributed by atoms with E-state index >= 15 is 0 Å². The maximum Gasteiger partial charge on any atom is 0.234 e. The summed E-state index contributed by atoms with van der Waals surface area (Å²) in [6.45, 7) is 1.52. The van der Waals surface area contributed by atoms with Gasteiger partial charge in [0.2, 0.25) is 5.78 Å². The Morgan fingerprint density at radius 3 is 2.80 bits per heavy atom. The third-order valence-corrected chi connectivity index (χ3v) is 1.37. The SMILES string of the molecule is C[PH](=O)OCCC(=O)C#N. The first kappa shape index (κ1) is 9.35. The number of ketones is 1. The predicted octanol–water partition coefficient (Wildman–Crippen LogP) is 0.590. The van der Waals surface area contributed by atoms with E-state index in [1.807, 2.05) is 0 Å². The molecule has 0 spiro atoms. The topological polar surface area (TPSA) is 67.2 Å². The summed E-state index contributed by atoms with van der Waals surface area (Å²) < 4.78 is 14.9. The molecule has 0 aliphatic heterocycles. The van der Waals surface area contributed by atoms with E-state index in [9.17, 15) is 9.36 Å². The first-order valence-corrected chi connectivity index (χ1v) is 4.54.